The van der Waals surface area contributed by atoms with E-state index in [1.165, 1.54) is 0 Å². The van der Waals surface area contributed by atoms with Crippen molar-refractivity contribution in [1.29, 1.82) is 0 Å². The number of nitrogens with one attached hydrogen (secondary N) is 2. The topological polar surface area (TPSA) is 106 Å². The number of ether oxygens (including phenoxy) is 2. The number of hydrogen-bond acceptors (Lipinski definition) is 7. The van der Waals surface area contributed by atoms with Crippen molar-refractivity contribution in [3.63, 3.8) is 0 Å². The highest BCUT2D eigenvalue weighted by atomic mass is 32.2. The molecule has 0 aliphatic carbocycles. The van der Waals surface area contributed by atoms with Crippen LogP contribution in [0.3, 0.4) is 0 Å². The van der Waals surface area contributed by atoms with Crippen molar-refractivity contribution in [2.24, 2.45) is 5.92 Å². The third-order valence-corrected chi connectivity index (χ3v) is 8.24. The van der Waals surface area contributed by atoms with Crippen LogP contribution in [0.5, 0.6) is 0 Å². The third-order valence-electron chi connectivity index (χ3n) is 7.28. The van der Waals surface area contributed by atoms with Gasteiger partial charge in [0.2, 0.25) is 0 Å². The van der Waals surface area contributed by atoms with Crippen molar-refractivity contribution in [2.75, 3.05) is 12.3 Å². The molecule has 0 radical (unpaired) electrons. The van der Waals surface area contributed by atoms with Crippen molar-refractivity contribution in [3.8, 4) is 11.1 Å². The number of aromatic nitrogens is 2. The highest BCUT2D eigenvalue weighted by Crippen LogP contribution is 2.43. The molecule has 1 aromatic heterocycles. The fourth-order valence-electron chi connectivity index (χ4n) is 4.93. The highest BCUT2D eigenvalue weighted by molar-refractivity contribution is 7.99. The summed E-state index contributed by atoms with van der Waals surface area (Å²) in [6, 6.07) is 25.9. The molecule has 1 aliphatic heterocycles. The molecule has 0 saturated carbocycles. The maximum absolute atomic E-state index is 11.8. The number of aliphatic hydroxyl groups is 1. The van der Waals surface area contributed by atoms with Gasteiger partial charge < -0.3 is 25.2 Å². The van der Waals surface area contributed by atoms with E-state index < -0.39 is 6.29 Å². The lowest BCUT2D eigenvalue weighted by Gasteiger charge is -2.41. The molecular weight excluding hydrogens is 548 g/mol. The van der Waals surface area contributed by atoms with Crippen molar-refractivity contribution < 1.29 is 19.4 Å². The summed E-state index contributed by atoms with van der Waals surface area (Å²) >= 11 is 1.57. The third kappa shape index (κ3) is 7.54. The van der Waals surface area contributed by atoms with Crippen LogP contribution >= 0.6 is 11.8 Å². The number of amides is 2. The van der Waals surface area contributed by atoms with Crippen LogP contribution < -0.4 is 10.6 Å². The number of carbonyl (C=O) groups is 1. The minimum atomic E-state index is -0.548. The average molecular weight is 585 g/mol. The molecule has 1 aliphatic rings. The Morgan fingerprint density at radius 1 is 0.881 bits per heavy atom. The van der Waals surface area contributed by atoms with Crippen LogP contribution in [0.1, 0.15) is 48.5 Å². The summed E-state index contributed by atoms with van der Waals surface area (Å²) in [6.07, 6.45) is 2.65. The lowest BCUT2D eigenvalue weighted by atomic mass is 9.91. The van der Waals surface area contributed by atoms with Gasteiger partial charge >= 0.3 is 6.03 Å². The summed E-state index contributed by atoms with van der Waals surface area (Å²) in [5.74, 6) is 0.762. The molecule has 4 atom stereocenters. The van der Waals surface area contributed by atoms with Gasteiger partial charge in [0.05, 0.1) is 18.8 Å². The first-order valence-electron chi connectivity index (χ1n) is 14.2. The van der Waals surface area contributed by atoms with E-state index in [0.717, 1.165) is 33.4 Å². The Balaban J connectivity index is 1.33. The van der Waals surface area contributed by atoms with Gasteiger partial charge in [-0.2, -0.15) is 0 Å². The van der Waals surface area contributed by atoms with Crippen LogP contribution in [0.4, 0.5) is 4.79 Å². The molecule has 0 bridgehead atoms. The zero-order valence-corrected chi connectivity index (χ0v) is 24.6. The number of carbonyl (C=O) groups excluding carboxylic acids is 1. The molecule has 9 heteroatoms. The fraction of sp³-hybridized carbons (Fsp3) is 0.303. The quantitative estimate of drug-likeness (QED) is 0.154. The molecule has 0 spiro atoms. The van der Waals surface area contributed by atoms with Crippen molar-refractivity contribution in [2.45, 2.75) is 50.7 Å². The largest absolute Gasteiger partial charge is 0.392 e. The van der Waals surface area contributed by atoms with Crippen LogP contribution in [-0.2, 0) is 22.6 Å². The summed E-state index contributed by atoms with van der Waals surface area (Å²) in [7, 11) is 0. The first kappa shape index (κ1) is 29.7. The van der Waals surface area contributed by atoms with Crippen LogP contribution in [0, 0.1) is 5.92 Å². The number of urea groups is 1. The highest BCUT2D eigenvalue weighted by Gasteiger charge is 2.38. The molecule has 1 fully saturated rings. The average Bonchev–Trinajstić information content (AvgIpc) is 3.04. The van der Waals surface area contributed by atoms with Gasteiger partial charge in [-0.25, -0.2) is 14.8 Å². The van der Waals surface area contributed by atoms with Crippen molar-refractivity contribution in [3.05, 3.63) is 114 Å². The second-order valence-corrected chi connectivity index (χ2v) is 11.2. The molecule has 218 valence electrons. The molecule has 3 N–H and O–H groups in total. The molecule has 2 heterocycles. The smallest absolute Gasteiger partial charge is 0.315 e. The predicted octanol–water partition coefficient (Wildman–Crippen LogP) is 6.04. The van der Waals surface area contributed by atoms with Gasteiger partial charge in [-0.05, 0) is 46.9 Å². The molecule has 42 heavy (non-hydrogen) atoms. The minimum absolute atomic E-state index is 0.00336. The van der Waals surface area contributed by atoms with E-state index in [4.69, 9.17) is 9.47 Å². The Labute approximate surface area is 250 Å². The summed E-state index contributed by atoms with van der Waals surface area (Å²) in [5, 5.41) is 15.8. The normalized spacial score (nSPS) is 20.2. The minimum Gasteiger partial charge on any atom is -0.392 e. The molecule has 1 saturated heterocycles. The molecule has 0 unspecified atom stereocenters. The zero-order chi connectivity index (χ0) is 29.3. The predicted molar refractivity (Wildman–Crippen MR) is 164 cm³/mol. The first-order chi connectivity index (χ1) is 20.5. The Bertz CT molecular complexity index is 1440. The lowest BCUT2D eigenvalue weighted by molar-refractivity contribution is -0.268. The number of aliphatic hydroxyl groups excluding tert-OH is 1. The van der Waals surface area contributed by atoms with Crippen LogP contribution in [0.15, 0.2) is 96.4 Å². The standard InChI is InChI=1S/C33H36N4O4S/c1-3-34-32(39)37-19-24-6-4-7-28(18-24)25-12-14-27(15-13-25)31-40-29(21-42-33-35-16-5-17-36-33)22(2)30(41-31)26-10-8-23(20-38)9-11-26/h4-18,22,29-31,38H,3,19-21H2,1-2H3,(H2,34,37,39)/t22-,29+,30+,31+/m0/s1. The van der Waals surface area contributed by atoms with Gasteiger partial charge in [-0.15, -0.1) is 0 Å². The number of hydrogen-bond donors (Lipinski definition) is 3. The Morgan fingerprint density at radius 2 is 1.62 bits per heavy atom. The van der Waals surface area contributed by atoms with Crippen molar-refractivity contribution in [1.82, 2.24) is 20.6 Å². The van der Waals surface area contributed by atoms with Gasteiger partial charge in [0, 0.05) is 42.7 Å². The Morgan fingerprint density at radius 3 is 2.33 bits per heavy atom. The zero-order valence-electron chi connectivity index (χ0n) is 23.8. The van der Waals surface area contributed by atoms with Crippen LogP contribution in [-0.4, -0.2) is 39.5 Å². The Hall–Kier alpha value is -3.76. The number of thioether (sulfide) groups is 1. The molecular formula is C33H36N4O4S. The molecule has 8 nitrogen and oxygen atoms in total. The van der Waals surface area contributed by atoms with E-state index in [-0.39, 0.29) is 30.8 Å². The molecule has 3 aromatic carbocycles. The summed E-state index contributed by atoms with van der Waals surface area (Å²) < 4.78 is 13.2. The molecule has 5 rings (SSSR count). The Kier molecular flexibility index (Phi) is 10.2. The SMILES string of the molecule is CCNC(=O)NCc1cccc(-c2ccc([C@@H]3O[C@H](CSc4ncccn4)[C@H](C)[C@H](c4ccc(CO)cc4)O3)cc2)c1. The maximum atomic E-state index is 11.8. The van der Waals surface area contributed by atoms with Gasteiger partial charge in [-0.3, -0.25) is 0 Å². The first-order valence-corrected chi connectivity index (χ1v) is 15.1. The van der Waals surface area contributed by atoms with E-state index in [9.17, 15) is 9.90 Å². The van der Waals surface area contributed by atoms with Gasteiger partial charge in [0.15, 0.2) is 11.4 Å². The monoisotopic (exact) mass is 584 g/mol. The second kappa shape index (κ2) is 14.4. The molecule has 4 aromatic rings. The number of rotatable bonds is 10. The van der Waals surface area contributed by atoms with Crippen LogP contribution in [0.2, 0.25) is 0 Å². The summed E-state index contributed by atoms with van der Waals surface area (Å²) in [4.78, 5) is 20.5. The van der Waals surface area contributed by atoms with Crippen LogP contribution in [0.25, 0.3) is 11.1 Å². The van der Waals surface area contributed by atoms with E-state index in [1.54, 1.807) is 24.2 Å². The fourth-order valence-corrected chi connectivity index (χ4v) is 5.89. The van der Waals surface area contributed by atoms with E-state index >= 15 is 0 Å². The van der Waals surface area contributed by atoms with Gasteiger partial charge in [0.1, 0.15) is 0 Å². The van der Waals surface area contributed by atoms with E-state index in [0.29, 0.717) is 24.0 Å². The number of benzene rings is 3. The summed E-state index contributed by atoms with van der Waals surface area (Å²) in [6.45, 7) is 5.08. The second-order valence-electron chi connectivity index (χ2n) is 10.2. The van der Waals surface area contributed by atoms with Crippen molar-refractivity contribution >= 4 is 17.8 Å². The van der Waals surface area contributed by atoms with Gasteiger partial charge in [0.25, 0.3) is 0 Å². The molecule has 2 amide bonds. The lowest BCUT2D eigenvalue weighted by Crippen LogP contribution is -2.38. The van der Waals surface area contributed by atoms with E-state index in [1.807, 2.05) is 61.5 Å². The van der Waals surface area contributed by atoms with E-state index in [2.05, 4.69) is 51.8 Å². The van der Waals surface area contributed by atoms with Gasteiger partial charge in [-0.1, -0.05) is 85.4 Å². The number of nitrogens with zero attached hydrogens (tertiary/aromatic N) is 2. The maximum Gasteiger partial charge on any atom is 0.315 e. The summed E-state index contributed by atoms with van der Waals surface area (Å²) in [5.41, 5.74) is 6.00.